The zero-order chi connectivity index (χ0) is 15.7. The Labute approximate surface area is 124 Å². The zero-order valence-corrected chi connectivity index (χ0v) is 13.0. The molecule has 5 heteroatoms. The van der Waals surface area contributed by atoms with Gasteiger partial charge in [0.15, 0.2) is 0 Å². The van der Waals surface area contributed by atoms with Crippen LogP contribution < -0.4 is 5.32 Å². The molecule has 1 aromatic carbocycles. The number of anilines is 1. The van der Waals surface area contributed by atoms with Gasteiger partial charge in [-0.05, 0) is 52.3 Å². The van der Waals surface area contributed by atoms with Crippen LogP contribution in [0.5, 0.6) is 0 Å². The number of nitro groups is 1. The van der Waals surface area contributed by atoms with E-state index < -0.39 is 0 Å². The molecule has 0 bridgehead atoms. The number of nitro benzene ring substituents is 1. The largest absolute Gasteiger partial charge is 0.466 e. The maximum absolute atomic E-state index is 11.1. The molecule has 1 N–H and O–H groups in total. The zero-order valence-electron chi connectivity index (χ0n) is 13.0. The van der Waals surface area contributed by atoms with Crippen LogP contribution in [0.15, 0.2) is 22.6 Å². The second-order valence-electron chi connectivity index (χ2n) is 5.45. The lowest BCUT2D eigenvalue weighted by atomic mass is 10.1. The number of benzene rings is 1. The van der Waals surface area contributed by atoms with Gasteiger partial charge in [-0.2, -0.15) is 0 Å². The minimum absolute atomic E-state index is 0.0171. The van der Waals surface area contributed by atoms with Crippen LogP contribution in [-0.2, 0) is 0 Å². The smallest absolute Gasteiger partial charge is 0.274 e. The summed E-state index contributed by atoms with van der Waals surface area (Å²) in [6.45, 7) is 9.54. The second kappa shape index (κ2) is 5.60. The molecule has 0 saturated heterocycles. The van der Waals surface area contributed by atoms with Crippen molar-refractivity contribution in [3.05, 3.63) is 56.5 Å². The summed E-state index contributed by atoms with van der Waals surface area (Å²) in [4.78, 5) is 10.7. The average molecular weight is 288 g/mol. The fraction of sp³-hybridized carbons (Fsp3) is 0.375. The lowest BCUT2D eigenvalue weighted by molar-refractivity contribution is -0.385. The molecule has 0 aliphatic heterocycles. The van der Waals surface area contributed by atoms with Crippen molar-refractivity contribution < 1.29 is 9.34 Å². The first-order valence-electron chi connectivity index (χ1n) is 6.88. The molecule has 0 aliphatic rings. The van der Waals surface area contributed by atoms with E-state index in [4.69, 9.17) is 4.42 Å². The van der Waals surface area contributed by atoms with Crippen molar-refractivity contribution in [2.24, 2.45) is 0 Å². The van der Waals surface area contributed by atoms with Crippen LogP contribution in [0.25, 0.3) is 0 Å². The summed E-state index contributed by atoms with van der Waals surface area (Å²) < 4.78 is 5.54. The Morgan fingerprint density at radius 3 is 2.33 bits per heavy atom. The number of nitrogens with one attached hydrogen (secondary N) is 1. The van der Waals surface area contributed by atoms with Gasteiger partial charge in [0.05, 0.1) is 11.0 Å². The van der Waals surface area contributed by atoms with Crippen molar-refractivity contribution in [1.82, 2.24) is 0 Å². The van der Waals surface area contributed by atoms with Gasteiger partial charge < -0.3 is 9.73 Å². The topological polar surface area (TPSA) is 68.3 Å². The Bertz CT molecular complexity index is 689. The first-order valence-corrected chi connectivity index (χ1v) is 6.88. The summed E-state index contributed by atoms with van der Waals surface area (Å²) in [5, 5.41) is 14.4. The lowest BCUT2D eigenvalue weighted by Gasteiger charge is -2.17. The predicted octanol–water partition coefficient (Wildman–Crippen LogP) is 4.59. The van der Waals surface area contributed by atoms with Gasteiger partial charge in [-0.25, -0.2) is 0 Å². The van der Waals surface area contributed by atoms with Crippen molar-refractivity contribution >= 4 is 11.4 Å². The van der Waals surface area contributed by atoms with E-state index in [2.05, 4.69) is 5.32 Å². The number of nitrogens with zero attached hydrogens (tertiary/aromatic N) is 1. The van der Waals surface area contributed by atoms with Gasteiger partial charge in [0.1, 0.15) is 11.5 Å². The standard InChI is InChI=1S/C16H20N2O3/c1-9-6-10(2)16(18(19)20)8-15(9)17-12(4)14-7-11(3)21-13(14)5/h6-8,12,17H,1-5H3. The summed E-state index contributed by atoms with van der Waals surface area (Å²) in [5.41, 5.74) is 3.64. The van der Waals surface area contributed by atoms with E-state index in [9.17, 15) is 10.1 Å². The van der Waals surface area contributed by atoms with Crippen LogP contribution in [0.2, 0.25) is 0 Å². The van der Waals surface area contributed by atoms with E-state index in [0.717, 1.165) is 28.3 Å². The molecule has 2 aromatic rings. The maximum atomic E-state index is 11.1. The van der Waals surface area contributed by atoms with Crippen LogP contribution >= 0.6 is 0 Å². The molecule has 1 aromatic heterocycles. The molecule has 0 amide bonds. The van der Waals surface area contributed by atoms with Crippen molar-refractivity contribution in [2.45, 2.75) is 40.7 Å². The monoisotopic (exact) mass is 288 g/mol. The number of furan rings is 1. The first-order chi connectivity index (χ1) is 9.79. The Balaban J connectivity index is 2.33. The molecule has 21 heavy (non-hydrogen) atoms. The molecule has 1 heterocycles. The van der Waals surface area contributed by atoms with Gasteiger partial charge in [-0.15, -0.1) is 0 Å². The van der Waals surface area contributed by atoms with Gasteiger partial charge in [-0.3, -0.25) is 10.1 Å². The average Bonchev–Trinajstić information content (AvgIpc) is 2.71. The SMILES string of the molecule is Cc1cc(C(C)Nc2cc([N+](=O)[O-])c(C)cc2C)c(C)o1. The molecular weight excluding hydrogens is 268 g/mol. The van der Waals surface area contributed by atoms with Gasteiger partial charge in [0.2, 0.25) is 0 Å². The van der Waals surface area contributed by atoms with Crippen LogP contribution in [-0.4, -0.2) is 4.92 Å². The van der Waals surface area contributed by atoms with E-state index in [1.165, 1.54) is 0 Å². The Kier molecular flexibility index (Phi) is 4.02. The molecule has 1 unspecified atom stereocenters. The summed E-state index contributed by atoms with van der Waals surface area (Å²) in [5.74, 6) is 1.73. The van der Waals surface area contributed by atoms with Gasteiger partial charge in [0.25, 0.3) is 5.69 Å². The normalized spacial score (nSPS) is 12.2. The van der Waals surface area contributed by atoms with Crippen LogP contribution in [0.4, 0.5) is 11.4 Å². The van der Waals surface area contributed by atoms with Crippen LogP contribution in [0, 0.1) is 37.8 Å². The molecule has 5 nitrogen and oxygen atoms in total. The predicted molar refractivity (Wildman–Crippen MR) is 82.8 cm³/mol. The number of rotatable bonds is 4. The van der Waals surface area contributed by atoms with Crippen molar-refractivity contribution in [3.63, 3.8) is 0 Å². The molecule has 0 spiro atoms. The Morgan fingerprint density at radius 1 is 1.14 bits per heavy atom. The van der Waals surface area contributed by atoms with E-state index in [-0.39, 0.29) is 16.7 Å². The van der Waals surface area contributed by atoms with Crippen LogP contribution in [0.3, 0.4) is 0 Å². The number of hydrogen-bond donors (Lipinski definition) is 1. The quantitative estimate of drug-likeness (QED) is 0.659. The Hall–Kier alpha value is -2.30. The molecule has 0 radical (unpaired) electrons. The number of aryl methyl sites for hydroxylation is 4. The first kappa shape index (κ1) is 15.1. The molecule has 0 aliphatic carbocycles. The third-order valence-corrected chi connectivity index (χ3v) is 3.66. The third kappa shape index (κ3) is 3.07. The highest BCUT2D eigenvalue weighted by Crippen LogP contribution is 2.30. The summed E-state index contributed by atoms with van der Waals surface area (Å²) in [6, 6.07) is 5.44. The molecule has 1 atom stereocenters. The Morgan fingerprint density at radius 2 is 1.81 bits per heavy atom. The van der Waals surface area contributed by atoms with E-state index in [0.29, 0.717) is 5.56 Å². The van der Waals surface area contributed by atoms with Gasteiger partial charge in [0, 0.05) is 22.9 Å². The van der Waals surface area contributed by atoms with Crippen molar-refractivity contribution in [3.8, 4) is 0 Å². The molecular formula is C16H20N2O3. The highest BCUT2D eigenvalue weighted by Gasteiger charge is 2.17. The maximum Gasteiger partial charge on any atom is 0.274 e. The molecule has 2 rings (SSSR count). The molecule has 0 saturated carbocycles. The van der Waals surface area contributed by atoms with E-state index >= 15 is 0 Å². The van der Waals surface area contributed by atoms with E-state index in [1.807, 2.05) is 39.8 Å². The lowest BCUT2D eigenvalue weighted by Crippen LogP contribution is -2.08. The minimum Gasteiger partial charge on any atom is -0.466 e. The van der Waals surface area contributed by atoms with Gasteiger partial charge in [-0.1, -0.05) is 0 Å². The second-order valence-corrected chi connectivity index (χ2v) is 5.45. The van der Waals surface area contributed by atoms with Crippen LogP contribution in [0.1, 0.15) is 41.2 Å². The summed E-state index contributed by atoms with van der Waals surface area (Å²) in [7, 11) is 0. The number of hydrogen-bond acceptors (Lipinski definition) is 4. The van der Waals surface area contributed by atoms with Gasteiger partial charge >= 0.3 is 0 Å². The fourth-order valence-corrected chi connectivity index (χ4v) is 2.58. The minimum atomic E-state index is -0.349. The molecule has 0 fully saturated rings. The highest BCUT2D eigenvalue weighted by molar-refractivity contribution is 5.61. The van der Waals surface area contributed by atoms with E-state index in [1.54, 1.807) is 13.0 Å². The fourth-order valence-electron chi connectivity index (χ4n) is 2.58. The summed E-state index contributed by atoms with van der Waals surface area (Å²) in [6.07, 6.45) is 0. The molecule has 112 valence electrons. The summed E-state index contributed by atoms with van der Waals surface area (Å²) >= 11 is 0. The third-order valence-electron chi connectivity index (χ3n) is 3.66. The van der Waals surface area contributed by atoms with Crippen molar-refractivity contribution in [1.29, 1.82) is 0 Å². The highest BCUT2D eigenvalue weighted by atomic mass is 16.6. The van der Waals surface area contributed by atoms with Crippen molar-refractivity contribution in [2.75, 3.05) is 5.32 Å².